The number of aliphatic hydroxyl groups excluding tert-OH is 2. The monoisotopic (exact) mass is 188 g/mol. The first-order valence-electron chi connectivity index (χ1n) is 5.34. The van der Waals surface area contributed by atoms with E-state index in [9.17, 15) is 0 Å². The summed E-state index contributed by atoms with van der Waals surface area (Å²) < 4.78 is 0. The largest absolute Gasteiger partial charge is 0.400 e. The Morgan fingerprint density at radius 1 is 0.692 bits per heavy atom. The van der Waals surface area contributed by atoms with Crippen LogP contribution in [0.15, 0.2) is 0 Å². The average Bonchev–Trinajstić information content (AvgIpc) is 2.24. The molecule has 2 N–H and O–H groups in total. The zero-order valence-electron chi connectivity index (χ0n) is 9.00. The number of hydrogen-bond donors (Lipinski definition) is 2. The molecule has 0 spiro atoms. The topological polar surface area (TPSA) is 40.5 Å². The minimum Gasteiger partial charge on any atom is -0.400 e. The van der Waals surface area contributed by atoms with Crippen LogP contribution in [-0.4, -0.2) is 24.4 Å². The van der Waals surface area contributed by atoms with E-state index in [4.69, 9.17) is 10.2 Å². The van der Waals surface area contributed by atoms with Crippen molar-refractivity contribution in [2.24, 2.45) is 11.8 Å². The van der Waals surface area contributed by atoms with Gasteiger partial charge in [-0.15, -0.1) is 0 Å². The molecule has 0 aliphatic heterocycles. The number of aliphatic hydroxyl groups is 2. The van der Waals surface area contributed by atoms with Crippen molar-refractivity contribution < 1.29 is 10.2 Å². The van der Waals surface area contributed by atoms with Crippen LogP contribution in [0.5, 0.6) is 0 Å². The smallest absolute Gasteiger partial charge is 0.0319 e. The highest BCUT2D eigenvalue weighted by atomic mass is 16.2. The molecule has 2 bridgehead atoms. The van der Waals surface area contributed by atoms with Crippen LogP contribution in [0.3, 0.4) is 0 Å². The molecule has 2 rings (SSSR count). The molecule has 80 valence electrons. The molecule has 2 saturated carbocycles. The van der Waals surface area contributed by atoms with E-state index in [1.807, 2.05) is 0 Å². The first kappa shape index (κ1) is 12.9. The Labute approximate surface area is 82.0 Å². The van der Waals surface area contributed by atoms with Crippen molar-refractivity contribution in [2.45, 2.75) is 44.9 Å². The molecule has 2 aliphatic carbocycles. The molecule has 0 aromatic heterocycles. The van der Waals surface area contributed by atoms with Gasteiger partial charge in [-0.1, -0.05) is 38.5 Å². The van der Waals surface area contributed by atoms with Crippen molar-refractivity contribution in [1.29, 1.82) is 0 Å². The van der Waals surface area contributed by atoms with Crippen molar-refractivity contribution in [2.75, 3.05) is 14.2 Å². The summed E-state index contributed by atoms with van der Waals surface area (Å²) in [6, 6.07) is 0. The van der Waals surface area contributed by atoms with E-state index in [0.717, 1.165) is 26.1 Å². The Balaban J connectivity index is 0.000000322. The molecule has 2 fully saturated rings. The van der Waals surface area contributed by atoms with Gasteiger partial charge in [0, 0.05) is 14.2 Å². The fourth-order valence-corrected chi connectivity index (χ4v) is 2.62. The van der Waals surface area contributed by atoms with Gasteiger partial charge in [-0.05, 0) is 18.3 Å². The Hall–Kier alpha value is -0.0800. The Kier molecular flexibility index (Phi) is 8.46. The number of fused-ring (bicyclic) bond motifs is 2. The molecular weight excluding hydrogens is 164 g/mol. The van der Waals surface area contributed by atoms with Gasteiger partial charge in [0.1, 0.15) is 0 Å². The van der Waals surface area contributed by atoms with Crippen LogP contribution in [0.25, 0.3) is 0 Å². The van der Waals surface area contributed by atoms with Crippen molar-refractivity contribution in [3.05, 3.63) is 0 Å². The molecule has 0 aromatic rings. The maximum absolute atomic E-state index is 7.00. The normalized spacial score (nSPS) is 30.5. The van der Waals surface area contributed by atoms with Crippen molar-refractivity contribution in [3.8, 4) is 0 Å². The van der Waals surface area contributed by atoms with E-state index in [0.29, 0.717) is 0 Å². The third-order valence-corrected chi connectivity index (χ3v) is 3.12. The SMILES string of the molecule is C1CC2CCCC(C1)C2.CO.CO. The van der Waals surface area contributed by atoms with Gasteiger partial charge in [-0.2, -0.15) is 0 Å². The van der Waals surface area contributed by atoms with E-state index in [2.05, 4.69) is 0 Å². The molecule has 0 aromatic carbocycles. The second-order valence-electron chi connectivity index (χ2n) is 3.83. The summed E-state index contributed by atoms with van der Waals surface area (Å²) in [5.41, 5.74) is 0. The maximum atomic E-state index is 7.00. The average molecular weight is 188 g/mol. The molecule has 0 saturated heterocycles. The number of rotatable bonds is 0. The first-order chi connectivity index (χ1) is 6.45. The lowest BCUT2D eigenvalue weighted by Crippen LogP contribution is -2.20. The van der Waals surface area contributed by atoms with E-state index >= 15 is 0 Å². The summed E-state index contributed by atoms with van der Waals surface area (Å²) in [6.45, 7) is 0. The van der Waals surface area contributed by atoms with Gasteiger partial charge in [0.15, 0.2) is 0 Å². The zero-order chi connectivity index (χ0) is 10.1. The van der Waals surface area contributed by atoms with Gasteiger partial charge in [0.25, 0.3) is 0 Å². The fourth-order valence-electron chi connectivity index (χ4n) is 2.62. The summed E-state index contributed by atoms with van der Waals surface area (Å²) >= 11 is 0. The molecule has 13 heavy (non-hydrogen) atoms. The van der Waals surface area contributed by atoms with E-state index in [1.54, 1.807) is 32.1 Å². The van der Waals surface area contributed by atoms with Crippen LogP contribution < -0.4 is 0 Å². The second-order valence-corrected chi connectivity index (χ2v) is 3.83. The van der Waals surface area contributed by atoms with Crippen LogP contribution in [0.2, 0.25) is 0 Å². The van der Waals surface area contributed by atoms with E-state index in [-0.39, 0.29) is 0 Å². The molecule has 0 heterocycles. The third-order valence-electron chi connectivity index (χ3n) is 3.12. The van der Waals surface area contributed by atoms with Gasteiger partial charge >= 0.3 is 0 Å². The van der Waals surface area contributed by atoms with Gasteiger partial charge in [0.2, 0.25) is 0 Å². The van der Waals surface area contributed by atoms with Crippen LogP contribution >= 0.6 is 0 Å². The quantitative estimate of drug-likeness (QED) is 0.612. The fraction of sp³-hybridized carbons (Fsp3) is 1.00. The summed E-state index contributed by atoms with van der Waals surface area (Å²) in [7, 11) is 2.00. The van der Waals surface area contributed by atoms with Crippen LogP contribution in [-0.2, 0) is 0 Å². The first-order valence-corrected chi connectivity index (χ1v) is 5.34. The number of hydrogen-bond acceptors (Lipinski definition) is 2. The van der Waals surface area contributed by atoms with Gasteiger partial charge in [-0.25, -0.2) is 0 Å². The molecule has 0 amide bonds. The molecule has 2 heteroatoms. The van der Waals surface area contributed by atoms with Crippen LogP contribution in [0, 0.1) is 11.8 Å². The summed E-state index contributed by atoms with van der Waals surface area (Å²) in [5, 5.41) is 14.0. The highest BCUT2D eigenvalue weighted by Gasteiger charge is 2.25. The van der Waals surface area contributed by atoms with Crippen molar-refractivity contribution in [3.63, 3.8) is 0 Å². The minimum atomic E-state index is 1.00. The predicted octanol–water partition coefficient (Wildman–Crippen LogP) is 2.19. The van der Waals surface area contributed by atoms with Gasteiger partial charge in [0.05, 0.1) is 0 Å². The Bertz CT molecular complexity index is 84.3. The van der Waals surface area contributed by atoms with Crippen molar-refractivity contribution in [1.82, 2.24) is 0 Å². The van der Waals surface area contributed by atoms with Crippen molar-refractivity contribution >= 4 is 0 Å². The van der Waals surface area contributed by atoms with Crippen LogP contribution in [0.1, 0.15) is 44.9 Å². The van der Waals surface area contributed by atoms with Gasteiger partial charge in [-0.3, -0.25) is 0 Å². The summed E-state index contributed by atoms with van der Waals surface area (Å²) in [4.78, 5) is 0. The molecule has 0 unspecified atom stereocenters. The minimum absolute atomic E-state index is 1.00. The Morgan fingerprint density at radius 3 is 1.23 bits per heavy atom. The summed E-state index contributed by atoms with van der Waals surface area (Å²) in [5.74, 6) is 2.30. The Morgan fingerprint density at radius 2 is 1.00 bits per heavy atom. The zero-order valence-corrected chi connectivity index (χ0v) is 9.00. The standard InChI is InChI=1S/C9H16.2CH4O/c1-3-8-5-2-6-9(4-1)7-8;2*1-2/h8-9H,1-7H2;2*2H,1H3. The highest BCUT2D eigenvalue weighted by Crippen LogP contribution is 2.39. The lowest BCUT2D eigenvalue weighted by atomic mass is 9.72. The second kappa shape index (κ2) is 8.52. The molecule has 2 nitrogen and oxygen atoms in total. The predicted molar refractivity (Wildman–Crippen MR) is 55.6 cm³/mol. The van der Waals surface area contributed by atoms with E-state index in [1.165, 1.54) is 12.8 Å². The molecule has 0 radical (unpaired) electrons. The highest BCUT2D eigenvalue weighted by molar-refractivity contribution is 4.77. The van der Waals surface area contributed by atoms with Gasteiger partial charge < -0.3 is 10.2 Å². The maximum Gasteiger partial charge on any atom is 0.0319 e. The molecular formula is C11H24O2. The van der Waals surface area contributed by atoms with Crippen LogP contribution in [0.4, 0.5) is 0 Å². The molecule has 2 aliphatic rings. The molecule has 0 atom stereocenters. The third kappa shape index (κ3) is 4.63. The van der Waals surface area contributed by atoms with E-state index < -0.39 is 0 Å². The summed E-state index contributed by atoms with van der Waals surface area (Å²) in [6.07, 6.45) is 10.9. The lowest BCUT2D eigenvalue weighted by molar-refractivity contribution is 0.190. The lowest BCUT2D eigenvalue weighted by Gasteiger charge is -2.33.